The minimum absolute atomic E-state index is 0.0755. The Hall–Kier alpha value is -3.37. The zero-order chi connectivity index (χ0) is 24.3. The van der Waals surface area contributed by atoms with Gasteiger partial charge in [-0.25, -0.2) is 18.2 Å². The van der Waals surface area contributed by atoms with Gasteiger partial charge in [0.25, 0.3) is 0 Å². The summed E-state index contributed by atoms with van der Waals surface area (Å²) in [7, 11) is 1.76. The predicted octanol–water partition coefficient (Wildman–Crippen LogP) is 2.87. The van der Waals surface area contributed by atoms with Gasteiger partial charge in [-0.1, -0.05) is 20.3 Å². The van der Waals surface area contributed by atoms with E-state index in [2.05, 4.69) is 34.4 Å². The van der Waals surface area contributed by atoms with Crippen molar-refractivity contribution < 1.29 is 22.8 Å². The Labute approximate surface area is 190 Å². The molecule has 2 aliphatic heterocycles. The van der Waals surface area contributed by atoms with E-state index in [0.717, 1.165) is 12.1 Å². The lowest BCUT2D eigenvalue weighted by atomic mass is 10.1. The summed E-state index contributed by atoms with van der Waals surface area (Å²) in [6, 6.07) is 1.56. The molecule has 0 saturated carbocycles. The molecule has 1 aromatic carbocycles. The zero-order valence-electron chi connectivity index (χ0n) is 19.0. The van der Waals surface area contributed by atoms with Crippen LogP contribution in [0.15, 0.2) is 12.1 Å². The van der Waals surface area contributed by atoms with Crippen LogP contribution in [0, 0.1) is 24.4 Å². The standard InChI is InChI=1S/C19H19F3N6O2.C3H8/c1-9-17-18(27(2)8-14(29)25-17)26-19(23-9)24-11-6-28(7-11)15(30)5-10-3-12(20)16(22)13(21)4-10;1-3-2/h3-4,11H,5-8H2,1-2H3,(H,25,29)(H,23,24,26);3H2,1-2H3. The van der Waals surface area contributed by atoms with Crippen LogP contribution in [0.3, 0.4) is 0 Å². The SMILES string of the molecule is CCC.Cc1nc(NC2CN(C(=O)Cc3cc(F)c(F)c(F)c3)C2)nc2c1NC(=O)CN2C. The van der Waals surface area contributed by atoms with Gasteiger partial charge in [-0.3, -0.25) is 9.59 Å². The molecule has 0 atom stereocenters. The summed E-state index contributed by atoms with van der Waals surface area (Å²) < 4.78 is 39.6. The number of hydrogen-bond acceptors (Lipinski definition) is 6. The normalized spacial score (nSPS) is 15.2. The summed E-state index contributed by atoms with van der Waals surface area (Å²) in [6.07, 6.45) is 1.03. The summed E-state index contributed by atoms with van der Waals surface area (Å²) in [6.45, 7) is 6.95. The predicted molar refractivity (Wildman–Crippen MR) is 119 cm³/mol. The maximum Gasteiger partial charge on any atom is 0.244 e. The second-order valence-corrected chi connectivity index (χ2v) is 8.13. The number of likely N-dealkylation sites (tertiary alicyclic amines) is 1. The smallest absolute Gasteiger partial charge is 0.244 e. The third kappa shape index (κ3) is 5.52. The van der Waals surface area contributed by atoms with Gasteiger partial charge in [0, 0.05) is 20.1 Å². The average Bonchev–Trinajstić information content (AvgIpc) is 2.70. The molecule has 178 valence electrons. The highest BCUT2D eigenvalue weighted by Crippen LogP contribution is 2.30. The highest BCUT2D eigenvalue weighted by atomic mass is 19.2. The minimum Gasteiger partial charge on any atom is -0.348 e. The van der Waals surface area contributed by atoms with Crippen molar-refractivity contribution in [2.45, 2.75) is 39.7 Å². The Balaban J connectivity index is 0.000000968. The van der Waals surface area contributed by atoms with Crippen molar-refractivity contribution in [1.29, 1.82) is 0 Å². The largest absolute Gasteiger partial charge is 0.348 e. The summed E-state index contributed by atoms with van der Waals surface area (Å²) in [5.41, 5.74) is 1.27. The van der Waals surface area contributed by atoms with Gasteiger partial charge >= 0.3 is 0 Å². The second kappa shape index (κ2) is 10.1. The van der Waals surface area contributed by atoms with Crippen LogP contribution in [0.25, 0.3) is 0 Å². The van der Waals surface area contributed by atoms with E-state index in [1.54, 1.807) is 18.9 Å². The molecule has 0 spiro atoms. The van der Waals surface area contributed by atoms with Crippen molar-refractivity contribution in [2.24, 2.45) is 0 Å². The molecule has 1 saturated heterocycles. The average molecular weight is 464 g/mol. The van der Waals surface area contributed by atoms with Gasteiger partial charge in [-0.15, -0.1) is 0 Å². The number of anilines is 3. The first-order valence-corrected chi connectivity index (χ1v) is 10.7. The van der Waals surface area contributed by atoms with E-state index in [9.17, 15) is 22.8 Å². The summed E-state index contributed by atoms with van der Waals surface area (Å²) >= 11 is 0. The van der Waals surface area contributed by atoms with Gasteiger partial charge in [0.1, 0.15) is 5.69 Å². The van der Waals surface area contributed by atoms with E-state index in [4.69, 9.17) is 0 Å². The van der Waals surface area contributed by atoms with E-state index in [1.807, 2.05) is 0 Å². The first-order valence-electron chi connectivity index (χ1n) is 10.7. The number of hydrogen-bond donors (Lipinski definition) is 2. The molecule has 2 aromatic rings. The van der Waals surface area contributed by atoms with Crippen molar-refractivity contribution in [3.05, 3.63) is 40.8 Å². The molecule has 33 heavy (non-hydrogen) atoms. The highest BCUT2D eigenvalue weighted by molar-refractivity contribution is 6.00. The van der Waals surface area contributed by atoms with Crippen LogP contribution in [-0.2, 0) is 16.0 Å². The number of carbonyl (C=O) groups is 2. The number of aromatic nitrogens is 2. The molecular formula is C22H27F3N6O2. The van der Waals surface area contributed by atoms with E-state index < -0.39 is 17.5 Å². The molecule has 8 nitrogen and oxygen atoms in total. The molecule has 4 rings (SSSR count). The summed E-state index contributed by atoms with van der Waals surface area (Å²) in [5, 5.41) is 5.91. The molecule has 0 radical (unpaired) electrons. The fourth-order valence-electron chi connectivity index (χ4n) is 3.47. The monoisotopic (exact) mass is 464 g/mol. The molecule has 0 aliphatic carbocycles. The number of rotatable bonds is 4. The fraction of sp³-hybridized carbons (Fsp3) is 0.455. The topological polar surface area (TPSA) is 90.5 Å². The summed E-state index contributed by atoms with van der Waals surface area (Å²) in [5.74, 6) is -3.64. The van der Waals surface area contributed by atoms with Crippen LogP contribution in [0.5, 0.6) is 0 Å². The van der Waals surface area contributed by atoms with Crippen LogP contribution < -0.4 is 15.5 Å². The first-order chi connectivity index (χ1) is 15.6. The molecule has 0 unspecified atom stereocenters. The van der Waals surface area contributed by atoms with Crippen molar-refractivity contribution in [3.8, 4) is 0 Å². The van der Waals surface area contributed by atoms with Gasteiger partial charge < -0.3 is 20.4 Å². The maximum absolute atomic E-state index is 13.3. The zero-order valence-corrected chi connectivity index (χ0v) is 19.0. The van der Waals surface area contributed by atoms with Gasteiger partial charge in [0.2, 0.25) is 17.8 Å². The number of nitrogens with one attached hydrogen (secondary N) is 2. The number of carbonyl (C=O) groups excluding carboxylic acids is 2. The Bertz CT molecular complexity index is 1040. The Morgan fingerprint density at radius 1 is 1.18 bits per heavy atom. The van der Waals surface area contributed by atoms with E-state index in [0.29, 0.717) is 36.2 Å². The summed E-state index contributed by atoms with van der Waals surface area (Å²) in [4.78, 5) is 36.0. The lowest BCUT2D eigenvalue weighted by Gasteiger charge is -2.40. The van der Waals surface area contributed by atoms with Crippen LogP contribution >= 0.6 is 0 Å². The lowest BCUT2D eigenvalue weighted by Crippen LogP contribution is -2.57. The third-order valence-corrected chi connectivity index (χ3v) is 5.04. The van der Waals surface area contributed by atoms with Crippen LogP contribution in [0.2, 0.25) is 0 Å². The molecule has 2 N–H and O–H groups in total. The van der Waals surface area contributed by atoms with E-state index in [-0.39, 0.29) is 36.4 Å². The number of benzene rings is 1. The molecule has 3 heterocycles. The molecule has 11 heteroatoms. The second-order valence-electron chi connectivity index (χ2n) is 8.13. The van der Waals surface area contributed by atoms with Crippen LogP contribution in [-0.4, -0.2) is 59.4 Å². The number of aryl methyl sites for hydroxylation is 1. The van der Waals surface area contributed by atoms with Crippen LogP contribution in [0.1, 0.15) is 31.5 Å². The van der Waals surface area contributed by atoms with E-state index >= 15 is 0 Å². The van der Waals surface area contributed by atoms with Crippen molar-refractivity contribution in [2.75, 3.05) is 42.2 Å². The Morgan fingerprint density at radius 2 is 1.79 bits per heavy atom. The highest BCUT2D eigenvalue weighted by Gasteiger charge is 2.32. The van der Waals surface area contributed by atoms with Gasteiger partial charge in [0.05, 0.1) is 24.7 Å². The molecule has 1 aromatic heterocycles. The number of amides is 2. The van der Waals surface area contributed by atoms with Crippen molar-refractivity contribution in [3.63, 3.8) is 0 Å². The Morgan fingerprint density at radius 3 is 2.39 bits per heavy atom. The fourth-order valence-corrected chi connectivity index (χ4v) is 3.47. The van der Waals surface area contributed by atoms with Gasteiger partial charge in [-0.05, 0) is 24.6 Å². The lowest BCUT2D eigenvalue weighted by molar-refractivity contribution is -0.134. The number of likely N-dealkylation sites (N-methyl/N-ethyl adjacent to an activating group) is 1. The number of nitrogens with zero attached hydrogens (tertiary/aromatic N) is 4. The van der Waals surface area contributed by atoms with Crippen LogP contribution in [0.4, 0.5) is 30.6 Å². The quantitative estimate of drug-likeness (QED) is 0.677. The molecule has 2 amide bonds. The number of fused-ring (bicyclic) bond motifs is 1. The molecule has 1 fully saturated rings. The Kier molecular flexibility index (Phi) is 7.39. The van der Waals surface area contributed by atoms with Crippen molar-refractivity contribution >= 4 is 29.3 Å². The number of halogens is 3. The first kappa shape index (κ1) is 24.3. The van der Waals surface area contributed by atoms with Gasteiger partial charge in [0.15, 0.2) is 23.3 Å². The maximum atomic E-state index is 13.3. The van der Waals surface area contributed by atoms with Crippen molar-refractivity contribution in [1.82, 2.24) is 14.9 Å². The molecular weight excluding hydrogens is 437 g/mol. The van der Waals surface area contributed by atoms with Gasteiger partial charge in [-0.2, -0.15) is 4.98 Å². The van der Waals surface area contributed by atoms with E-state index in [1.165, 1.54) is 11.3 Å². The third-order valence-electron chi connectivity index (χ3n) is 5.04. The minimum atomic E-state index is -1.55. The molecule has 0 bridgehead atoms. The molecule has 2 aliphatic rings.